The van der Waals surface area contributed by atoms with Gasteiger partial charge in [0.15, 0.2) is 9.84 Å². The van der Waals surface area contributed by atoms with Gasteiger partial charge in [-0.15, -0.1) is 0 Å². The molecule has 0 bridgehead atoms. The average Bonchev–Trinajstić information content (AvgIpc) is 2.01. The highest BCUT2D eigenvalue weighted by atomic mass is 32.2. The lowest BCUT2D eigenvalue weighted by Gasteiger charge is -2.23. The van der Waals surface area contributed by atoms with E-state index in [0.29, 0.717) is 12.8 Å². The molecule has 1 fully saturated rings. The van der Waals surface area contributed by atoms with Gasteiger partial charge >= 0.3 is 5.97 Å². The summed E-state index contributed by atoms with van der Waals surface area (Å²) in [5.41, 5.74) is 0. The van der Waals surface area contributed by atoms with E-state index in [1.807, 2.05) is 0 Å². The van der Waals surface area contributed by atoms with Gasteiger partial charge in [0.1, 0.15) is 6.17 Å². The van der Waals surface area contributed by atoms with Gasteiger partial charge in [-0.1, -0.05) is 0 Å². The van der Waals surface area contributed by atoms with Crippen molar-refractivity contribution in [2.45, 2.75) is 25.4 Å². The normalized spacial score (nSPS) is 28.2. The maximum absolute atomic E-state index is 13.2. The second kappa shape index (κ2) is 4.25. The Labute approximate surface area is 82.0 Å². The van der Waals surface area contributed by atoms with Crippen molar-refractivity contribution in [1.29, 1.82) is 0 Å². The minimum atomic E-state index is -3.15. The average molecular weight is 224 g/mol. The number of carbonyl (C=O) groups is 1. The van der Waals surface area contributed by atoms with Crippen molar-refractivity contribution in [2.24, 2.45) is 5.92 Å². The number of rotatable bonds is 3. The molecular weight excluding hydrogens is 211 g/mol. The number of carboxylic acid groups (broad SMARTS) is 1. The summed E-state index contributed by atoms with van der Waals surface area (Å²) in [6.45, 7) is 0. The monoisotopic (exact) mass is 224 g/mol. The first kappa shape index (κ1) is 11.4. The first-order valence-electron chi connectivity index (χ1n) is 4.47. The Balaban J connectivity index is 2.56. The second-order valence-electron chi connectivity index (χ2n) is 3.63. The number of hydrogen-bond donors (Lipinski definition) is 1. The summed E-state index contributed by atoms with van der Waals surface area (Å²) in [5, 5.41) is 8.36. The van der Waals surface area contributed by atoms with Crippen LogP contribution >= 0.6 is 0 Å². The van der Waals surface area contributed by atoms with Gasteiger partial charge in [-0.25, -0.2) is 12.8 Å². The molecule has 0 aromatic rings. The maximum Gasteiger partial charge on any atom is 0.306 e. The molecule has 4 nitrogen and oxygen atoms in total. The number of carboxylic acids is 1. The van der Waals surface area contributed by atoms with Crippen LogP contribution in [0.1, 0.15) is 19.3 Å². The van der Waals surface area contributed by atoms with Crippen LogP contribution in [0.2, 0.25) is 0 Å². The summed E-state index contributed by atoms with van der Waals surface area (Å²) in [6.07, 6.45) is -1.23. The van der Waals surface area contributed by atoms with Crippen molar-refractivity contribution in [1.82, 2.24) is 0 Å². The van der Waals surface area contributed by atoms with Crippen molar-refractivity contribution in [3.63, 3.8) is 0 Å². The van der Waals surface area contributed by atoms with Crippen LogP contribution in [0, 0.1) is 5.92 Å². The molecule has 1 saturated heterocycles. The van der Waals surface area contributed by atoms with E-state index in [-0.39, 0.29) is 11.5 Å². The summed E-state index contributed by atoms with van der Waals surface area (Å²) in [6, 6.07) is 0. The predicted molar refractivity (Wildman–Crippen MR) is 48.5 cm³/mol. The zero-order chi connectivity index (χ0) is 10.8. The molecule has 0 aliphatic carbocycles. The summed E-state index contributed by atoms with van der Waals surface area (Å²) in [4.78, 5) is 10.2. The van der Waals surface area contributed by atoms with Gasteiger partial charge in [0.05, 0.1) is 17.9 Å². The van der Waals surface area contributed by atoms with Crippen LogP contribution < -0.4 is 0 Å². The summed E-state index contributed by atoms with van der Waals surface area (Å²) in [5.74, 6) is -1.96. The molecule has 1 heterocycles. The number of alkyl halides is 1. The number of hydrogen-bond acceptors (Lipinski definition) is 3. The number of aliphatic carboxylic acids is 1. The van der Waals surface area contributed by atoms with Gasteiger partial charge in [0.25, 0.3) is 0 Å². The highest BCUT2D eigenvalue weighted by molar-refractivity contribution is 7.91. The molecule has 0 radical (unpaired) electrons. The molecule has 1 aliphatic rings. The third-order valence-corrected chi connectivity index (χ3v) is 4.23. The molecular formula is C8H13FO4S. The van der Waals surface area contributed by atoms with Gasteiger partial charge in [-0.2, -0.15) is 0 Å². The lowest BCUT2D eigenvalue weighted by Crippen LogP contribution is -2.32. The Morgan fingerprint density at radius 2 is 2.21 bits per heavy atom. The van der Waals surface area contributed by atoms with E-state index < -0.39 is 34.3 Å². The van der Waals surface area contributed by atoms with Crippen molar-refractivity contribution < 1.29 is 22.7 Å². The summed E-state index contributed by atoms with van der Waals surface area (Å²) < 4.78 is 35.5. The zero-order valence-electron chi connectivity index (χ0n) is 7.65. The molecule has 1 N–H and O–H groups in total. The quantitative estimate of drug-likeness (QED) is 0.763. The lowest BCUT2D eigenvalue weighted by molar-refractivity contribution is -0.138. The van der Waals surface area contributed by atoms with E-state index in [1.54, 1.807) is 0 Å². The summed E-state index contributed by atoms with van der Waals surface area (Å²) >= 11 is 0. The van der Waals surface area contributed by atoms with Gasteiger partial charge < -0.3 is 5.11 Å². The van der Waals surface area contributed by atoms with Crippen molar-refractivity contribution in [3.05, 3.63) is 0 Å². The Kier molecular flexibility index (Phi) is 3.47. The van der Waals surface area contributed by atoms with Gasteiger partial charge in [0, 0.05) is 5.92 Å². The van der Waals surface area contributed by atoms with Crippen molar-refractivity contribution >= 4 is 15.8 Å². The van der Waals surface area contributed by atoms with Crippen LogP contribution in [0.4, 0.5) is 4.39 Å². The minimum absolute atomic E-state index is 0.100. The Morgan fingerprint density at radius 3 is 2.71 bits per heavy atom. The van der Waals surface area contributed by atoms with Crippen LogP contribution in [0.5, 0.6) is 0 Å². The second-order valence-corrected chi connectivity index (χ2v) is 5.86. The molecule has 2 unspecified atom stereocenters. The van der Waals surface area contributed by atoms with Gasteiger partial charge in [-0.05, 0) is 12.8 Å². The van der Waals surface area contributed by atoms with E-state index in [1.165, 1.54) is 0 Å². The molecule has 14 heavy (non-hydrogen) atoms. The molecule has 1 rings (SSSR count). The van der Waals surface area contributed by atoms with E-state index >= 15 is 0 Å². The van der Waals surface area contributed by atoms with E-state index in [4.69, 9.17) is 5.11 Å². The van der Waals surface area contributed by atoms with Gasteiger partial charge in [-0.3, -0.25) is 4.79 Å². The summed E-state index contributed by atoms with van der Waals surface area (Å²) in [7, 11) is -3.15. The standard InChI is InChI=1S/C8H13FO4S/c9-7(4-8(10)11)6-2-1-3-14(12,13)5-6/h6-7H,1-5H2,(H,10,11). The molecule has 1 aliphatic heterocycles. The van der Waals surface area contributed by atoms with E-state index in [2.05, 4.69) is 0 Å². The van der Waals surface area contributed by atoms with Crippen LogP contribution in [-0.2, 0) is 14.6 Å². The zero-order valence-corrected chi connectivity index (χ0v) is 8.46. The third kappa shape index (κ3) is 3.25. The van der Waals surface area contributed by atoms with Crippen LogP contribution in [-0.4, -0.2) is 37.2 Å². The third-order valence-electron chi connectivity index (χ3n) is 2.38. The Hall–Kier alpha value is -0.650. The Bertz CT molecular complexity index is 311. The topological polar surface area (TPSA) is 71.4 Å². The van der Waals surface area contributed by atoms with E-state index in [0.717, 1.165) is 0 Å². The smallest absolute Gasteiger partial charge is 0.306 e. The van der Waals surface area contributed by atoms with Crippen LogP contribution in [0.15, 0.2) is 0 Å². The maximum atomic E-state index is 13.2. The Morgan fingerprint density at radius 1 is 1.57 bits per heavy atom. The van der Waals surface area contributed by atoms with Crippen LogP contribution in [0.25, 0.3) is 0 Å². The molecule has 0 spiro atoms. The van der Waals surface area contributed by atoms with Crippen LogP contribution in [0.3, 0.4) is 0 Å². The predicted octanol–water partition coefficient (Wildman–Crippen LogP) is 0.624. The fraction of sp³-hybridized carbons (Fsp3) is 0.875. The molecule has 0 amide bonds. The molecule has 6 heteroatoms. The fourth-order valence-corrected chi connectivity index (χ4v) is 3.48. The highest BCUT2D eigenvalue weighted by Gasteiger charge is 2.31. The first-order valence-corrected chi connectivity index (χ1v) is 6.29. The number of sulfone groups is 1. The lowest BCUT2D eigenvalue weighted by atomic mass is 9.98. The molecule has 0 saturated carbocycles. The van der Waals surface area contributed by atoms with E-state index in [9.17, 15) is 17.6 Å². The SMILES string of the molecule is O=C(O)CC(F)C1CCCS(=O)(=O)C1. The van der Waals surface area contributed by atoms with Gasteiger partial charge in [0.2, 0.25) is 0 Å². The highest BCUT2D eigenvalue weighted by Crippen LogP contribution is 2.25. The minimum Gasteiger partial charge on any atom is -0.481 e. The molecule has 0 aromatic heterocycles. The van der Waals surface area contributed by atoms with Crippen molar-refractivity contribution in [3.8, 4) is 0 Å². The molecule has 0 aromatic carbocycles. The largest absolute Gasteiger partial charge is 0.481 e. The van der Waals surface area contributed by atoms with Crippen molar-refractivity contribution in [2.75, 3.05) is 11.5 Å². The number of halogens is 1. The molecule has 82 valence electrons. The first-order chi connectivity index (χ1) is 6.41. The fourth-order valence-electron chi connectivity index (χ4n) is 1.68. The molecule has 2 atom stereocenters.